The van der Waals surface area contributed by atoms with Crippen LogP contribution in [0.1, 0.15) is 41.1 Å². The van der Waals surface area contributed by atoms with E-state index in [1.54, 1.807) is 7.05 Å². The number of sulfone groups is 1. The smallest absolute Gasteiger partial charge is 0.254 e. The van der Waals surface area contributed by atoms with Gasteiger partial charge in [0.15, 0.2) is 9.84 Å². The maximum Gasteiger partial charge on any atom is 0.254 e. The van der Waals surface area contributed by atoms with E-state index in [0.29, 0.717) is 24.1 Å². The predicted molar refractivity (Wildman–Crippen MR) is 95.6 cm³/mol. The summed E-state index contributed by atoms with van der Waals surface area (Å²) >= 11 is 5.93. The van der Waals surface area contributed by atoms with Gasteiger partial charge in [-0.1, -0.05) is 18.5 Å². The van der Waals surface area contributed by atoms with Crippen LogP contribution in [-0.2, 0) is 16.4 Å². The minimum absolute atomic E-state index is 0.0450. The lowest BCUT2D eigenvalue weighted by atomic mass is 10.2. The molecule has 7 heteroatoms. The number of carbonyl (C=O) groups excluding carboxylic acids is 1. The van der Waals surface area contributed by atoms with E-state index in [1.807, 2.05) is 12.1 Å². The fourth-order valence-electron chi connectivity index (χ4n) is 2.84. The monoisotopic (exact) mass is 381 g/mol. The lowest BCUT2D eigenvalue weighted by Gasteiger charge is -2.16. The predicted octanol–water partition coefficient (Wildman–Crippen LogP) is 3.73. The molecular weight excluding hydrogens is 362 g/mol. The van der Waals surface area contributed by atoms with Crippen LogP contribution >= 0.6 is 11.6 Å². The van der Waals surface area contributed by atoms with Crippen molar-refractivity contribution < 1.29 is 17.6 Å². The van der Waals surface area contributed by atoms with Gasteiger partial charge in [-0.05, 0) is 42.7 Å². The van der Waals surface area contributed by atoms with E-state index < -0.39 is 9.84 Å². The molecule has 1 aliphatic rings. The summed E-state index contributed by atoms with van der Waals surface area (Å²) in [5, 5.41) is 0.107. The van der Waals surface area contributed by atoms with Gasteiger partial charge in [0.25, 0.3) is 5.91 Å². The second-order valence-electron chi connectivity index (χ2n) is 6.70. The Bertz CT molecular complexity index is 919. The van der Waals surface area contributed by atoms with Crippen molar-refractivity contribution >= 4 is 27.3 Å². The largest absolute Gasteiger partial charge is 0.464 e. The lowest BCUT2D eigenvalue weighted by molar-refractivity contribution is 0.0774. The average Bonchev–Trinajstić information content (AvgIpc) is 3.08. The molecule has 1 aliphatic carbocycles. The van der Waals surface area contributed by atoms with Crippen LogP contribution in [0, 0.1) is 5.92 Å². The summed E-state index contributed by atoms with van der Waals surface area (Å²) in [5.74, 6) is 2.53. The van der Waals surface area contributed by atoms with E-state index in [4.69, 9.17) is 16.0 Å². The minimum Gasteiger partial charge on any atom is -0.464 e. The van der Waals surface area contributed by atoms with Crippen molar-refractivity contribution in [2.45, 2.75) is 30.7 Å². The standard InChI is InChI=1S/C18H20ClNO4S/c1-11-8-14(11)16-7-5-13(24-16)10-20(2)18(21)12-4-6-15(19)17(9-12)25(3,22)23/h4-7,9,11,14H,8,10H2,1-3H3/t11-,14+/m0/s1. The fourth-order valence-corrected chi connectivity index (χ4v) is 4.15. The van der Waals surface area contributed by atoms with Gasteiger partial charge in [0.05, 0.1) is 16.5 Å². The molecule has 2 atom stereocenters. The molecule has 25 heavy (non-hydrogen) atoms. The second-order valence-corrected chi connectivity index (χ2v) is 9.09. The van der Waals surface area contributed by atoms with E-state index in [9.17, 15) is 13.2 Å². The molecule has 1 heterocycles. The Morgan fingerprint density at radius 2 is 2.00 bits per heavy atom. The molecule has 1 amide bonds. The maximum absolute atomic E-state index is 12.6. The van der Waals surface area contributed by atoms with Crippen molar-refractivity contribution in [1.29, 1.82) is 0 Å². The molecular formula is C18H20ClNO4S. The van der Waals surface area contributed by atoms with Crippen LogP contribution in [0.15, 0.2) is 39.6 Å². The van der Waals surface area contributed by atoms with Crippen LogP contribution in [0.5, 0.6) is 0 Å². The molecule has 0 N–H and O–H groups in total. The van der Waals surface area contributed by atoms with Crippen LogP contribution in [0.25, 0.3) is 0 Å². The van der Waals surface area contributed by atoms with Gasteiger partial charge in [0.1, 0.15) is 11.5 Å². The van der Waals surface area contributed by atoms with Gasteiger partial charge in [0.2, 0.25) is 0 Å². The summed E-state index contributed by atoms with van der Waals surface area (Å²) in [6.07, 6.45) is 2.20. The Morgan fingerprint density at radius 3 is 2.60 bits per heavy atom. The van der Waals surface area contributed by atoms with Gasteiger partial charge < -0.3 is 9.32 Å². The Hall–Kier alpha value is -1.79. The van der Waals surface area contributed by atoms with Crippen molar-refractivity contribution in [3.8, 4) is 0 Å². The van der Waals surface area contributed by atoms with Gasteiger partial charge >= 0.3 is 0 Å². The van der Waals surface area contributed by atoms with E-state index in [1.165, 1.54) is 23.1 Å². The molecule has 134 valence electrons. The first-order chi connectivity index (χ1) is 11.7. The van der Waals surface area contributed by atoms with E-state index in [0.717, 1.165) is 18.4 Å². The topological polar surface area (TPSA) is 67.6 Å². The highest BCUT2D eigenvalue weighted by Crippen LogP contribution is 2.47. The first-order valence-electron chi connectivity index (χ1n) is 8.00. The number of hydrogen-bond donors (Lipinski definition) is 0. The molecule has 5 nitrogen and oxygen atoms in total. The molecule has 0 saturated heterocycles. The number of rotatable bonds is 5. The zero-order valence-corrected chi connectivity index (χ0v) is 15.9. The zero-order valence-electron chi connectivity index (χ0n) is 14.3. The Labute approximate surface area is 152 Å². The van der Waals surface area contributed by atoms with E-state index in [2.05, 4.69) is 6.92 Å². The average molecular weight is 382 g/mol. The van der Waals surface area contributed by atoms with Gasteiger partial charge in [-0.15, -0.1) is 0 Å². The first-order valence-corrected chi connectivity index (χ1v) is 10.3. The molecule has 3 rings (SSSR count). The number of carbonyl (C=O) groups is 1. The highest BCUT2D eigenvalue weighted by atomic mass is 35.5. The van der Waals surface area contributed by atoms with Crippen LogP contribution in [-0.4, -0.2) is 32.5 Å². The molecule has 1 saturated carbocycles. The zero-order chi connectivity index (χ0) is 18.4. The van der Waals surface area contributed by atoms with Gasteiger partial charge in [0, 0.05) is 24.8 Å². The summed E-state index contributed by atoms with van der Waals surface area (Å²) in [4.78, 5) is 14.0. The highest BCUT2D eigenvalue weighted by Gasteiger charge is 2.36. The number of hydrogen-bond acceptors (Lipinski definition) is 4. The van der Waals surface area contributed by atoms with Crippen LogP contribution in [0.2, 0.25) is 5.02 Å². The lowest BCUT2D eigenvalue weighted by Crippen LogP contribution is -2.26. The van der Waals surface area contributed by atoms with Crippen molar-refractivity contribution in [2.75, 3.05) is 13.3 Å². The number of amides is 1. The van der Waals surface area contributed by atoms with Gasteiger partial charge in [-0.3, -0.25) is 4.79 Å². The third kappa shape index (κ3) is 3.90. The third-order valence-electron chi connectivity index (χ3n) is 4.47. The summed E-state index contributed by atoms with van der Waals surface area (Å²) < 4.78 is 29.3. The SMILES string of the molecule is C[C@H]1C[C@H]1c1ccc(CN(C)C(=O)c2ccc(Cl)c(S(C)(=O)=O)c2)o1. The van der Waals surface area contributed by atoms with Crippen molar-refractivity contribution in [1.82, 2.24) is 4.90 Å². The molecule has 1 aromatic carbocycles. The molecule has 0 bridgehead atoms. The summed E-state index contributed by atoms with van der Waals surface area (Å²) in [7, 11) is -1.85. The number of furan rings is 1. The van der Waals surface area contributed by atoms with Crippen molar-refractivity contribution in [3.63, 3.8) is 0 Å². The first kappa shape index (κ1) is 18.0. The number of nitrogens with zero attached hydrogens (tertiary/aromatic N) is 1. The van der Waals surface area contributed by atoms with Gasteiger partial charge in [-0.25, -0.2) is 8.42 Å². The minimum atomic E-state index is -3.50. The normalized spacial score (nSPS) is 19.7. The second kappa shape index (κ2) is 6.50. The summed E-state index contributed by atoms with van der Waals surface area (Å²) in [5.41, 5.74) is 0.273. The Morgan fingerprint density at radius 1 is 1.32 bits per heavy atom. The molecule has 0 unspecified atom stereocenters. The molecule has 1 fully saturated rings. The third-order valence-corrected chi connectivity index (χ3v) is 6.05. The van der Waals surface area contributed by atoms with Crippen molar-refractivity contribution in [3.05, 3.63) is 52.4 Å². The fraction of sp³-hybridized carbons (Fsp3) is 0.389. The van der Waals surface area contributed by atoms with Crippen LogP contribution in [0.3, 0.4) is 0 Å². The quantitative estimate of drug-likeness (QED) is 0.791. The van der Waals surface area contributed by atoms with Crippen molar-refractivity contribution in [2.24, 2.45) is 5.92 Å². The highest BCUT2D eigenvalue weighted by molar-refractivity contribution is 7.90. The molecule has 0 aliphatic heterocycles. The van der Waals surface area contributed by atoms with E-state index in [-0.39, 0.29) is 21.4 Å². The van der Waals surface area contributed by atoms with Crippen LogP contribution < -0.4 is 0 Å². The molecule has 1 aromatic heterocycles. The van der Waals surface area contributed by atoms with Crippen LogP contribution in [0.4, 0.5) is 0 Å². The Balaban J connectivity index is 1.75. The van der Waals surface area contributed by atoms with Gasteiger partial charge in [-0.2, -0.15) is 0 Å². The molecule has 0 radical (unpaired) electrons. The number of halogens is 1. The summed E-state index contributed by atoms with van der Waals surface area (Å²) in [6.45, 7) is 2.50. The summed E-state index contributed by atoms with van der Waals surface area (Å²) in [6, 6.07) is 8.11. The van der Waals surface area contributed by atoms with E-state index >= 15 is 0 Å². The molecule has 0 spiro atoms. The molecule has 2 aromatic rings. The number of benzene rings is 1. The Kier molecular flexibility index (Phi) is 4.68. The maximum atomic E-state index is 12.6.